The molecule has 8 nitrogen and oxygen atoms in total. The van der Waals surface area contributed by atoms with Crippen LogP contribution in [-0.2, 0) is 11.3 Å². The molecule has 2 aromatic heterocycles. The molecule has 4 heterocycles. The summed E-state index contributed by atoms with van der Waals surface area (Å²) in [5, 5.41) is 2.99. The van der Waals surface area contributed by atoms with Gasteiger partial charge in [-0.2, -0.15) is 0 Å². The molecule has 0 spiro atoms. The third-order valence-corrected chi connectivity index (χ3v) is 7.23. The molecule has 38 heavy (non-hydrogen) atoms. The molecule has 0 bridgehead atoms. The normalized spacial score (nSPS) is 19.6. The smallest absolute Gasteiger partial charge is 0.272 e. The maximum absolute atomic E-state index is 13.4. The zero-order valence-electron chi connectivity index (χ0n) is 21.7. The molecule has 10 heteroatoms. The van der Waals surface area contributed by atoms with E-state index in [1.807, 2.05) is 30.5 Å². The van der Waals surface area contributed by atoms with Crippen LogP contribution in [0.1, 0.15) is 52.5 Å². The Kier molecular flexibility index (Phi) is 7.00. The second-order valence-corrected chi connectivity index (χ2v) is 10.4. The Labute approximate surface area is 220 Å². The number of hydrogen-bond acceptors (Lipinski definition) is 5. The van der Waals surface area contributed by atoms with Crippen LogP contribution in [0.4, 0.5) is 14.7 Å². The van der Waals surface area contributed by atoms with E-state index >= 15 is 0 Å². The highest BCUT2D eigenvalue weighted by molar-refractivity contribution is 6.04. The van der Waals surface area contributed by atoms with Crippen LogP contribution < -0.4 is 5.32 Å². The molecule has 1 N–H and O–H groups in total. The minimum Gasteiger partial charge on any atom is -0.337 e. The van der Waals surface area contributed by atoms with Gasteiger partial charge in [-0.05, 0) is 68.5 Å². The van der Waals surface area contributed by atoms with Crippen molar-refractivity contribution in [3.8, 4) is 0 Å². The lowest BCUT2D eigenvalue weighted by Crippen LogP contribution is -2.55. The summed E-state index contributed by atoms with van der Waals surface area (Å²) in [6.45, 7) is 8.46. The van der Waals surface area contributed by atoms with Gasteiger partial charge in [0.25, 0.3) is 11.8 Å². The minimum absolute atomic E-state index is 0.112. The Hall–Kier alpha value is -3.66. The van der Waals surface area contributed by atoms with E-state index in [9.17, 15) is 18.4 Å². The molecule has 2 aliphatic rings. The Morgan fingerprint density at radius 2 is 2.00 bits per heavy atom. The lowest BCUT2D eigenvalue weighted by atomic mass is 10.0. The standard InChI is InChI=1S/C28H32F2N6O2/c1-4-24(37)35-10-6-5-7-22(15-35)36-25-18(2)11-20(14-34-16-28(29,30)17-34)13-23(25)32-27(36)33-26(38)21-8-9-31-19(3)12-21/h4,8-9,11-13,22H,1,5-7,10,14-17H2,2-3H3,(H,32,33,38)/t22-/m1/s1. The molecule has 0 radical (unpaired) electrons. The fourth-order valence-electron chi connectivity index (χ4n) is 5.54. The van der Waals surface area contributed by atoms with E-state index in [4.69, 9.17) is 4.98 Å². The first-order valence-corrected chi connectivity index (χ1v) is 12.9. The molecule has 3 aromatic rings. The number of benzene rings is 1. The van der Waals surface area contributed by atoms with Crippen LogP contribution in [0.5, 0.6) is 0 Å². The van der Waals surface area contributed by atoms with Gasteiger partial charge in [-0.1, -0.05) is 12.6 Å². The number of carbonyl (C=O) groups is 2. The zero-order chi connectivity index (χ0) is 27.0. The van der Waals surface area contributed by atoms with Crippen molar-refractivity contribution in [2.45, 2.75) is 51.6 Å². The number of fused-ring (bicyclic) bond motifs is 1. The number of halogens is 2. The molecular formula is C28H32F2N6O2. The maximum Gasteiger partial charge on any atom is 0.272 e. The minimum atomic E-state index is -2.63. The molecule has 0 aliphatic carbocycles. The summed E-state index contributed by atoms with van der Waals surface area (Å²) in [4.78, 5) is 38.2. The molecule has 2 amide bonds. The van der Waals surface area contributed by atoms with Crippen LogP contribution in [0.15, 0.2) is 43.1 Å². The molecular weight excluding hydrogens is 490 g/mol. The van der Waals surface area contributed by atoms with Gasteiger partial charge >= 0.3 is 0 Å². The number of likely N-dealkylation sites (tertiary alicyclic amines) is 2. The summed E-state index contributed by atoms with van der Waals surface area (Å²) in [6.07, 6.45) is 5.53. The Morgan fingerprint density at radius 1 is 1.21 bits per heavy atom. The number of nitrogens with zero attached hydrogens (tertiary/aromatic N) is 5. The first-order chi connectivity index (χ1) is 18.1. The van der Waals surface area contributed by atoms with Gasteiger partial charge in [0.2, 0.25) is 11.9 Å². The number of amides is 2. The summed E-state index contributed by atoms with van der Waals surface area (Å²) in [6, 6.07) is 7.16. The van der Waals surface area contributed by atoms with E-state index in [0.717, 1.165) is 41.6 Å². The molecule has 0 saturated carbocycles. The number of pyridine rings is 1. The van der Waals surface area contributed by atoms with E-state index in [1.54, 1.807) is 28.1 Å². The van der Waals surface area contributed by atoms with Gasteiger partial charge in [0.05, 0.1) is 30.2 Å². The lowest BCUT2D eigenvalue weighted by Gasteiger charge is -2.38. The number of hydrogen-bond donors (Lipinski definition) is 1. The van der Waals surface area contributed by atoms with Gasteiger partial charge in [-0.25, -0.2) is 13.8 Å². The predicted molar refractivity (Wildman–Crippen MR) is 141 cm³/mol. The maximum atomic E-state index is 13.4. The van der Waals surface area contributed by atoms with Crippen LogP contribution in [0.2, 0.25) is 0 Å². The fraction of sp³-hybridized carbons (Fsp3) is 0.429. The number of anilines is 1. The van der Waals surface area contributed by atoms with Crippen LogP contribution in [0.3, 0.4) is 0 Å². The Morgan fingerprint density at radius 3 is 2.71 bits per heavy atom. The highest BCUT2D eigenvalue weighted by Crippen LogP contribution is 2.34. The molecule has 200 valence electrons. The molecule has 2 fully saturated rings. The lowest BCUT2D eigenvalue weighted by molar-refractivity contribution is -0.133. The van der Waals surface area contributed by atoms with Crippen molar-refractivity contribution in [2.24, 2.45) is 0 Å². The number of carbonyl (C=O) groups excluding carboxylic acids is 2. The number of aromatic nitrogens is 3. The van der Waals surface area contributed by atoms with E-state index in [1.165, 1.54) is 6.08 Å². The monoisotopic (exact) mass is 522 g/mol. The highest BCUT2D eigenvalue weighted by Gasteiger charge is 2.43. The van der Waals surface area contributed by atoms with Crippen LogP contribution in [-0.4, -0.2) is 68.3 Å². The topological polar surface area (TPSA) is 83.4 Å². The van der Waals surface area contributed by atoms with Crippen molar-refractivity contribution < 1.29 is 18.4 Å². The molecule has 0 unspecified atom stereocenters. The van der Waals surface area contributed by atoms with E-state index in [2.05, 4.69) is 16.9 Å². The van der Waals surface area contributed by atoms with Crippen molar-refractivity contribution in [3.05, 3.63) is 65.5 Å². The SMILES string of the molecule is C=CC(=O)N1CCCC[C@@H](n2c(NC(=O)c3ccnc(C)c3)nc3cc(CN4CC(F)(F)C4)cc(C)c32)C1. The van der Waals surface area contributed by atoms with E-state index in [-0.39, 0.29) is 30.9 Å². The van der Waals surface area contributed by atoms with Crippen molar-refractivity contribution in [3.63, 3.8) is 0 Å². The van der Waals surface area contributed by atoms with Crippen molar-refractivity contribution in [1.29, 1.82) is 0 Å². The van der Waals surface area contributed by atoms with E-state index in [0.29, 0.717) is 36.7 Å². The average Bonchev–Trinajstić information content (AvgIpc) is 3.03. The summed E-state index contributed by atoms with van der Waals surface area (Å²) in [5.41, 5.74) is 4.56. The van der Waals surface area contributed by atoms with Crippen LogP contribution in [0, 0.1) is 13.8 Å². The predicted octanol–water partition coefficient (Wildman–Crippen LogP) is 4.49. The number of nitrogens with one attached hydrogen (secondary N) is 1. The zero-order valence-corrected chi connectivity index (χ0v) is 21.7. The molecule has 2 aliphatic heterocycles. The van der Waals surface area contributed by atoms with Crippen LogP contribution >= 0.6 is 0 Å². The van der Waals surface area contributed by atoms with E-state index < -0.39 is 5.92 Å². The average molecular weight is 523 g/mol. The first-order valence-electron chi connectivity index (χ1n) is 12.9. The van der Waals surface area contributed by atoms with Gasteiger partial charge in [-0.15, -0.1) is 0 Å². The second-order valence-electron chi connectivity index (χ2n) is 10.4. The van der Waals surface area contributed by atoms with Gasteiger partial charge in [0.1, 0.15) is 0 Å². The van der Waals surface area contributed by atoms with Gasteiger partial charge < -0.3 is 9.47 Å². The second kappa shape index (κ2) is 10.2. The van der Waals surface area contributed by atoms with Crippen molar-refractivity contribution in [2.75, 3.05) is 31.5 Å². The summed E-state index contributed by atoms with van der Waals surface area (Å²) < 4.78 is 28.8. The van der Waals surface area contributed by atoms with Crippen molar-refractivity contribution in [1.82, 2.24) is 24.3 Å². The highest BCUT2D eigenvalue weighted by atomic mass is 19.3. The third kappa shape index (κ3) is 5.31. The van der Waals surface area contributed by atoms with Gasteiger partial charge in [0, 0.05) is 37.1 Å². The Bertz CT molecular complexity index is 1390. The van der Waals surface area contributed by atoms with Gasteiger partial charge in [-0.3, -0.25) is 24.8 Å². The number of aryl methyl sites for hydroxylation is 2. The Balaban J connectivity index is 1.54. The largest absolute Gasteiger partial charge is 0.337 e. The third-order valence-electron chi connectivity index (χ3n) is 7.23. The summed E-state index contributed by atoms with van der Waals surface area (Å²) in [7, 11) is 0. The quantitative estimate of drug-likeness (QED) is 0.483. The summed E-state index contributed by atoms with van der Waals surface area (Å²) >= 11 is 0. The molecule has 1 aromatic carbocycles. The fourth-order valence-corrected chi connectivity index (χ4v) is 5.54. The number of imidazole rings is 1. The number of alkyl halides is 2. The van der Waals surface area contributed by atoms with Crippen LogP contribution in [0.25, 0.3) is 11.0 Å². The first kappa shape index (κ1) is 26.0. The van der Waals surface area contributed by atoms with Gasteiger partial charge in [0.15, 0.2) is 0 Å². The molecule has 5 rings (SSSR count). The number of rotatable bonds is 6. The van der Waals surface area contributed by atoms with Crippen molar-refractivity contribution >= 4 is 28.8 Å². The summed E-state index contributed by atoms with van der Waals surface area (Å²) in [5.74, 6) is -2.66. The molecule has 1 atom stereocenters. The molecule has 2 saturated heterocycles.